The summed E-state index contributed by atoms with van der Waals surface area (Å²) in [5.41, 5.74) is 3.20. The zero-order chi connectivity index (χ0) is 19.3. The molecule has 1 N–H and O–H groups in total. The molecule has 0 unspecified atom stereocenters. The van der Waals surface area contributed by atoms with Gasteiger partial charge >= 0.3 is 0 Å². The molecule has 28 heavy (non-hydrogen) atoms. The van der Waals surface area contributed by atoms with Gasteiger partial charge in [-0.2, -0.15) is 0 Å². The Bertz CT molecular complexity index is 1200. The van der Waals surface area contributed by atoms with Crippen LogP contribution in [0.3, 0.4) is 0 Å². The Balaban J connectivity index is 1.76. The highest BCUT2D eigenvalue weighted by Crippen LogP contribution is 2.36. The molecule has 3 aromatic heterocycles. The van der Waals surface area contributed by atoms with Gasteiger partial charge in [-0.25, -0.2) is 9.97 Å². The average Bonchev–Trinajstić information content (AvgIpc) is 3.15. The van der Waals surface area contributed by atoms with Crippen LogP contribution in [-0.2, 0) is 10.3 Å². The van der Waals surface area contributed by atoms with Gasteiger partial charge in [-0.05, 0) is 49.6 Å². The lowest BCUT2D eigenvalue weighted by atomic mass is 9.87. The molecule has 142 valence electrons. The molecule has 1 fully saturated rings. The van der Waals surface area contributed by atoms with E-state index in [4.69, 9.17) is 16.3 Å². The predicted octanol–water partition coefficient (Wildman–Crippen LogP) is 3.30. The number of aromatic nitrogens is 5. The van der Waals surface area contributed by atoms with Gasteiger partial charge in [0, 0.05) is 18.4 Å². The molecule has 1 aromatic carbocycles. The molecule has 7 nitrogen and oxygen atoms in total. The van der Waals surface area contributed by atoms with Crippen LogP contribution in [0.15, 0.2) is 36.5 Å². The number of fused-ring (bicyclic) bond motifs is 3. The molecule has 1 atom stereocenters. The first-order chi connectivity index (χ1) is 13.6. The molecule has 0 bridgehead atoms. The molecule has 0 radical (unpaired) electrons. The van der Waals surface area contributed by atoms with Crippen molar-refractivity contribution in [2.24, 2.45) is 0 Å². The van der Waals surface area contributed by atoms with Crippen molar-refractivity contribution in [3.8, 4) is 11.4 Å². The van der Waals surface area contributed by atoms with Gasteiger partial charge in [0.1, 0.15) is 11.1 Å². The van der Waals surface area contributed by atoms with Crippen molar-refractivity contribution in [3.05, 3.63) is 52.8 Å². The number of aliphatic hydroxyl groups is 1. The van der Waals surface area contributed by atoms with Crippen molar-refractivity contribution < 1.29 is 9.84 Å². The number of hydrogen-bond donors (Lipinski definition) is 1. The van der Waals surface area contributed by atoms with Gasteiger partial charge in [-0.1, -0.05) is 17.7 Å². The van der Waals surface area contributed by atoms with Crippen LogP contribution in [0.25, 0.3) is 28.2 Å². The van der Waals surface area contributed by atoms with E-state index in [0.29, 0.717) is 40.7 Å². The minimum Gasteiger partial charge on any atom is -0.383 e. The summed E-state index contributed by atoms with van der Waals surface area (Å²) in [6, 6.07) is 9.24. The van der Waals surface area contributed by atoms with Crippen LogP contribution in [0, 0.1) is 6.92 Å². The molecule has 1 aliphatic heterocycles. The smallest absolute Gasteiger partial charge is 0.184 e. The first-order valence-electron chi connectivity index (χ1n) is 9.14. The fraction of sp³-hybridized carbons (Fsp3) is 0.300. The van der Waals surface area contributed by atoms with Gasteiger partial charge in [0.2, 0.25) is 0 Å². The number of hydrogen-bond acceptors (Lipinski definition) is 6. The van der Waals surface area contributed by atoms with Crippen LogP contribution in [0.4, 0.5) is 0 Å². The summed E-state index contributed by atoms with van der Waals surface area (Å²) in [5, 5.41) is 20.3. The van der Waals surface area contributed by atoms with Gasteiger partial charge in [0.25, 0.3) is 0 Å². The van der Waals surface area contributed by atoms with E-state index < -0.39 is 5.60 Å². The number of aryl methyl sites for hydroxylation is 1. The molecular weight excluding hydrogens is 378 g/mol. The molecule has 5 rings (SSSR count). The lowest BCUT2D eigenvalue weighted by Gasteiger charge is -2.32. The molecule has 0 aliphatic carbocycles. The van der Waals surface area contributed by atoms with Crippen LogP contribution >= 0.6 is 11.6 Å². The van der Waals surface area contributed by atoms with Crippen molar-refractivity contribution in [3.63, 3.8) is 0 Å². The van der Waals surface area contributed by atoms with E-state index in [9.17, 15) is 5.11 Å². The van der Waals surface area contributed by atoms with Crippen molar-refractivity contribution in [2.45, 2.75) is 25.4 Å². The van der Waals surface area contributed by atoms with Gasteiger partial charge in [-0.15, -0.1) is 10.2 Å². The van der Waals surface area contributed by atoms with E-state index in [-0.39, 0.29) is 6.61 Å². The van der Waals surface area contributed by atoms with Crippen molar-refractivity contribution in [1.82, 2.24) is 24.6 Å². The number of benzene rings is 1. The summed E-state index contributed by atoms with van der Waals surface area (Å²) in [6.07, 6.45) is 3.16. The van der Waals surface area contributed by atoms with E-state index >= 15 is 0 Å². The summed E-state index contributed by atoms with van der Waals surface area (Å²) in [6.45, 7) is 2.82. The Kier molecular flexibility index (Phi) is 4.04. The Labute approximate surface area is 166 Å². The third-order valence-electron chi connectivity index (χ3n) is 5.22. The second-order valence-electron chi connectivity index (χ2n) is 7.11. The molecule has 1 saturated heterocycles. The van der Waals surface area contributed by atoms with Crippen LogP contribution in [0.5, 0.6) is 0 Å². The maximum atomic E-state index is 11.1. The van der Waals surface area contributed by atoms with E-state index in [2.05, 4.69) is 20.2 Å². The third-order valence-corrected chi connectivity index (χ3v) is 5.55. The highest BCUT2D eigenvalue weighted by Gasteiger charge is 2.33. The molecule has 0 spiro atoms. The first kappa shape index (κ1) is 17.5. The average molecular weight is 396 g/mol. The Hall–Kier alpha value is -2.61. The number of pyridine rings is 1. The molecule has 1 aliphatic rings. The standard InChI is InChI=1S/C20H18ClN5O2/c1-12-17-24-25-18(26(17)19-16(23-12)4-2-8-22-19)14-10-13(5-6-15(14)21)20(27)7-3-9-28-11-20/h2,4-6,8,10,27H,3,7,9,11H2,1H3/t20-/m0/s1. The van der Waals surface area contributed by atoms with E-state index in [1.165, 1.54) is 0 Å². The summed E-state index contributed by atoms with van der Waals surface area (Å²) in [7, 11) is 0. The summed E-state index contributed by atoms with van der Waals surface area (Å²) in [4.78, 5) is 9.03. The molecule has 0 amide bonds. The van der Waals surface area contributed by atoms with E-state index in [1.807, 2.05) is 35.6 Å². The van der Waals surface area contributed by atoms with Crippen LogP contribution < -0.4 is 0 Å². The minimum atomic E-state index is -1.03. The molecule has 0 saturated carbocycles. The van der Waals surface area contributed by atoms with Gasteiger partial charge in [0.15, 0.2) is 17.1 Å². The highest BCUT2D eigenvalue weighted by atomic mass is 35.5. The quantitative estimate of drug-likeness (QED) is 0.560. The van der Waals surface area contributed by atoms with Crippen molar-refractivity contribution in [1.29, 1.82) is 0 Å². The Morgan fingerprint density at radius 2 is 2.11 bits per heavy atom. The van der Waals surface area contributed by atoms with Crippen LogP contribution in [0.2, 0.25) is 5.02 Å². The number of rotatable bonds is 2. The van der Waals surface area contributed by atoms with E-state index in [0.717, 1.165) is 23.2 Å². The Morgan fingerprint density at radius 1 is 1.21 bits per heavy atom. The maximum absolute atomic E-state index is 11.1. The lowest BCUT2D eigenvalue weighted by molar-refractivity contribution is -0.0902. The second-order valence-corrected chi connectivity index (χ2v) is 7.52. The maximum Gasteiger partial charge on any atom is 0.184 e. The first-order valence-corrected chi connectivity index (χ1v) is 9.52. The predicted molar refractivity (Wildman–Crippen MR) is 105 cm³/mol. The Morgan fingerprint density at radius 3 is 2.93 bits per heavy atom. The minimum absolute atomic E-state index is 0.266. The van der Waals surface area contributed by atoms with Crippen LogP contribution in [-0.4, -0.2) is 42.9 Å². The fourth-order valence-corrected chi connectivity index (χ4v) is 3.97. The highest BCUT2D eigenvalue weighted by molar-refractivity contribution is 6.33. The number of halogens is 1. The SMILES string of the molecule is Cc1nc2cccnc2n2c(-c3cc([C@]4(O)CCCOC4)ccc3Cl)nnc12. The summed E-state index contributed by atoms with van der Waals surface area (Å²) < 4.78 is 7.37. The normalized spacial score (nSPS) is 20.1. The zero-order valence-electron chi connectivity index (χ0n) is 15.3. The van der Waals surface area contributed by atoms with Gasteiger partial charge < -0.3 is 9.84 Å². The number of ether oxygens (including phenoxy) is 1. The lowest BCUT2D eigenvalue weighted by Crippen LogP contribution is -2.35. The zero-order valence-corrected chi connectivity index (χ0v) is 16.0. The summed E-state index contributed by atoms with van der Waals surface area (Å²) in [5.74, 6) is 0.566. The van der Waals surface area contributed by atoms with Gasteiger partial charge in [0.05, 0.1) is 17.3 Å². The van der Waals surface area contributed by atoms with E-state index in [1.54, 1.807) is 12.3 Å². The molecule has 4 aromatic rings. The molecule has 4 heterocycles. The molecule has 8 heteroatoms. The van der Waals surface area contributed by atoms with Crippen molar-refractivity contribution >= 4 is 28.4 Å². The summed E-state index contributed by atoms with van der Waals surface area (Å²) >= 11 is 6.53. The largest absolute Gasteiger partial charge is 0.383 e. The second kappa shape index (κ2) is 6.48. The monoisotopic (exact) mass is 395 g/mol. The third kappa shape index (κ3) is 2.66. The number of nitrogens with zero attached hydrogens (tertiary/aromatic N) is 5. The fourth-order valence-electron chi connectivity index (χ4n) is 3.77. The molecular formula is C20H18ClN5O2. The van der Waals surface area contributed by atoms with Crippen LogP contribution in [0.1, 0.15) is 24.1 Å². The van der Waals surface area contributed by atoms with Gasteiger partial charge in [-0.3, -0.25) is 4.40 Å². The topological polar surface area (TPSA) is 85.4 Å². The van der Waals surface area contributed by atoms with Crippen molar-refractivity contribution in [2.75, 3.05) is 13.2 Å².